The fourth-order valence-electron chi connectivity index (χ4n) is 2.46. The molecule has 1 fully saturated rings. The molecule has 1 aromatic rings. The Balaban J connectivity index is 1.77. The largest absolute Gasteiger partial charge is 0.487 e. The van der Waals surface area contributed by atoms with E-state index in [0.717, 1.165) is 36.5 Å². The molecule has 100 valence electrons. The minimum absolute atomic E-state index is 0.354. The van der Waals surface area contributed by atoms with Crippen LogP contribution < -0.4 is 9.64 Å². The number of hydrogen-bond donors (Lipinski definition) is 1. The molecule has 18 heavy (non-hydrogen) atoms. The highest BCUT2D eigenvalue weighted by atomic mass is 79.9. The first kappa shape index (κ1) is 13.8. The van der Waals surface area contributed by atoms with Gasteiger partial charge in [-0.1, -0.05) is 12.1 Å². The van der Waals surface area contributed by atoms with Gasteiger partial charge in [-0.25, -0.2) is 0 Å². The van der Waals surface area contributed by atoms with Crippen molar-refractivity contribution in [3.05, 3.63) is 28.7 Å². The Morgan fingerprint density at radius 2 is 1.94 bits per heavy atom. The van der Waals surface area contributed by atoms with Gasteiger partial charge in [0.2, 0.25) is 0 Å². The Kier molecular flexibility index (Phi) is 5.03. The molecular weight excluding hydrogens is 294 g/mol. The van der Waals surface area contributed by atoms with Gasteiger partial charge in [-0.05, 0) is 41.9 Å². The van der Waals surface area contributed by atoms with Crippen LogP contribution in [0.4, 0.5) is 0 Å². The summed E-state index contributed by atoms with van der Waals surface area (Å²) in [6.45, 7) is 8.21. The van der Waals surface area contributed by atoms with E-state index in [2.05, 4.69) is 29.8 Å². The van der Waals surface area contributed by atoms with Gasteiger partial charge in [0.25, 0.3) is 0 Å². The second kappa shape index (κ2) is 6.55. The summed E-state index contributed by atoms with van der Waals surface area (Å²) >= 11 is 3.49. The van der Waals surface area contributed by atoms with Crippen LogP contribution in [0.25, 0.3) is 0 Å². The summed E-state index contributed by atoms with van der Waals surface area (Å²) in [5.41, 5.74) is 0. The molecule has 0 aliphatic carbocycles. The third-order valence-electron chi connectivity index (χ3n) is 3.17. The van der Waals surface area contributed by atoms with Crippen LogP contribution in [0.2, 0.25) is 0 Å². The fourth-order valence-corrected chi connectivity index (χ4v) is 2.86. The fraction of sp³-hybridized carbons (Fsp3) is 0.571. The van der Waals surface area contributed by atoms with E-state index in [9.17, 15) is 0 Å². The summed E-state index contributed by atoms with van der Waals surface area (Å²) in [5, 5.41) is 0. The summed E-state index contributed by atoms with van der Waals surface area (Å²) in [6.07, 6.45) is 0.708. The molecule has 0 amide bonds. The van der Waals surface area contributed by atoms with E-state index < -0.39 is 0 Å². The number of benzene rings is 1. The lowest BCUT2D eigenvalue weighted by molar-refractivity contribution is -0.915. The number of rotatable bonds is 4. The minimum Gasteiger partial charge on any atom is -0.487 e. The number of nitrogens with one attached hydrogen (secondary N) is 1. The van der Waals surface area contributed by atoms with Gasteiger partial charge >= 0.3 is 0 Å². The third kappa shape index (κ3) is 3.97. The van der Waals surface area contributed by atoms with Crippen molar-refractivity contribution in [2.45, 2.75) is 26.1 Å². The van der Waals surface area contributed by atoms with Gasteiger partial charge in [0.15, 0.2) is 0 Å². The van der Waals surface area contributed by atoms with E-state index in [1.54, 1.807) is 4.90 Å². The van der Waals surface area contributed by atoms with Crippen molar-refractivity contribution in [2.75, 3.05) is 26.2 Å². The lowest BCUT2D eigenvalue weighted by Gasteiger charge is -2.32. The van der Waals surface area contributed by atoms with Gasteiger partial charge in [0, 0.05) is 0 Å². The van der Waals surface area contributed by atoms with E-state index >= 15 is 0 Å². The van der Waals surface area contributed by atoms with Crippen molar-refractivity contribution in [1.29, 1.82) is 0 Å². The predicted molar refractivity (Wildman–Crippen MR) is 75.2 cm³/mol. The molecular formula is C14H21BrNO2+. The van der Waals surface area contributed by atoms with Crippen molar-refractivity contribution in [3.63, 3.8) is 0 Å². The molecule has 0 radical (unpaired) electrons. The normalized spacial score (nSPS) is 28.1. The lowest BCUT2D eigenvalue weighted by atomic mass is 10.2. The molecule has 4 heteroatoms. The monoisotopic (exact) mass is 314 g/mol. The van der Waals surface area contributed by atoms with Crippen LogP contribution in [-0.2, 0) is 4.74 Å². The third-order valence-corrected chi connectivity index (χ3v) is 3.82. The van der Waals surface area contributed by atoms with Gasteiger partial charge in [-0.3, -0.25) is 0 Å². The summed E-state index contributed by atoms with van der Waals surface area (Å²) in [4.78, 5) is 1.56. The highest BCUT2D eigenvalue weighted by Gasteiger charge is 2.25. The molecule has 1 heterocycles. The topological polar surface area (TPSA) is 22.9 Å². The maximum absolute atomic E-state index is 5.80. The summed E-state index contributed by atoms with van der Waals surface area (Å²) < 4.78 is 12.5. The summed E-state index contributed by atoms with van der Waals surface area (Å²) in [6, 6.07) is 7.98. The van der Waals surface area contributed by atoms with Crippen LogP contribution in [0.5, 0.6) is 5.75 Å². The van der Waals surface area contributed by atoms with E-state index in [0.29, 0.717) is 12.2 Å². The van der Waals surface area contributed by atoms with Crippen molar-refractivity contribution < 1.29 is 14.4 Å². The van der Waals surface area contributed by atoms with E-state index in [1.165, 1.54) is 0 Å². The SMILES string of the molecule is C[C@@H]1C[NH+](CCOc2ccccc2Br)C[C@H](C)O1. The Bertz CT molecular complexity index is 376. The zero-order valence-corrected chi connectivity index (χ0v) is 12.6. The maximum Gasteiger partial charge on any atom is 0.137 e. The minimum atomic E-state index is 0.354. The second-order valence-corrected chi connectivity index (χ2v) is 5.80. The highest BCUT2D eigenvalue weighted by molar-refractivity contribution is 9.10. The first-order valence-corrected chi connectivity index (χ1v) is 7.31. The Morgan fingerprint density at radius 1 is 1.28 bits per heavy atom. The van der Waals surface area contributed by atoms with Gasteiger partial charge in [0.05, 0.1) is 4.47 Å². The highest BCUT2D eigenvalue weighted by Crippen LogP contribution is 2.23. The van der Waals surface area contributed by atoms with E-state index in [-0.39, 0.29) is 0 Å². The number of hydrogen-bond acceptors (Lipinski definition) is 2. The molecule has 1 aliphatic heterocycles. The van der Waals surface area contributed by atoms with Crippen LogP contribution in [0.1, 0.15) is 13.8 Å². The second-order valence-electron chi connectivity index (χ2n) is 4.94. The Morgan fingerprint density at radius 3 is 2.61 bits per heavy atom. The molecule has 1 N–H and O–H groups in total. The number of halogens is 1. The van der Waals surface area contributed by atoms with Crippen molar-refractivity contribution in [2.24, 2.45) is 0 Å². The van der Waals surface area contributed by atoms with Gasteiger partial charge < -0.3 is 14.4 Å². The Hall–Kier alpha value is -0.580. The zero-order chi connectivity index (χ0) is 13.0. The number of ether oxygens (including phenoxy) is 2. The number of quaternary nitrogens is 1. The molecule has 3 nitrogen and oxygen atoms in total. The van der Waals surface area contributed by atoms with Crippen LogP contribution in [-0.4, -0.2) is 38.4 Å². The first-order valence-electron chi connectivity index (χ1n) is 6.51. The zero-order valence-electron chi connectivity index (χ0n) is 11.0. The van der Waals surface area contributed by atoms with Gasteiger partial charge in [0.1, 0.15) is 44.2 Å². The summed E-state index contributed by atoms with van der Waals surface area (Å²) in [7, 11) is 0. The molecule has 0 bridgehead atoms. The molecule has 1 saturated heterocycles. The van der Waals surface area contributed by atoms with Crippen LogP contribution in [0, 0.1) is 0 Å². The van der Waals surface area contributed by atoms with Gasteiger partial charge in [-0.15, -0.1) is 0 Å². The predicted octanol–water partition coefficient (Wildman–Crippen LogP) is 1.52. The lowest BCUT2D eigenvalue weighted by Crippen LogP contribution is -3.16. The summed E-state index contributed by atoms with van der Waals surface area (Å²) in [5.74, 6) is 0.922. The molecule has 0 saturated carbocycles. The van der Waals surface area contributed by atoms with E-state index in [1.807, 2.05) is 24.3 Å². The van der Waals surface area contributed by atoms with Crippen LogP contribution in [0.15, 0.2) is 28.7 Å². The van der Waals surface area contributed by atoms with Crippen molar-refractivity contribution >= 4 is 15.9 Å². The van der Waals surface area contributed by atoms with Crippen LogP contribution >= 0.6 is 15.9 Å². The quantitative estimate of drug-likeness (QED) is 0.910. The Labute approximate surface area is 117 Å². The molecule has 1 aliphatic rings. The molecule has 1 aromatic carbocycles. The first-order chi connectivity index (χ1) is 8.65. The molecule has 2 rings (SSSR count). The molecule has 0 aromatic heterocycles. The molecule has 1 unspecified atom stereocenters. The van der Waals surface area contributed by atoms with Gasteiger partial charge in [-0.2, -0.15) is 0 Å². The average Bonchev–Trinajstić information content (AvgIpc) is 2.30. The smallest absolute Gasteiger partial charge is 0.137 e. The molecule has 3 atom stereocenters. The van der Waals surface area contributed by atoms with Crippen molar-refractivity contribution in [3.8, 4) is 5.75 Å². The maximum atomic E-state index is 5.80. The number of morpholine rings is 1. The van der Waals surface area contributed by atoms with Crippen LogP contribution in [0.3, 0.4) is 0 Å². The molecule has 0 spiro atoms. The standard InChI is InChI=1S/C14H20BrNO2/c1-11-9-16(10-12(2)18-11)7-8-17-14-6-4-3-5-13(14)15/h3-6,11-12H,7-10H2,1-2H3/p+1/t11-,12+. The van der Waals surface area contributed by atoms with Crippen molar-refractivity contribution in [1.82, 2.24) is 0 Å². The number of para-hydroxylation sites is 1. The van der Waals surface area contributed by atoms with E-state index in [4.69, 9.17) is 9.47 Å². The average molecular weight is 315 g/mol.